The van der Waals surface area contributed by atoms with Crippen molar-refractivity contribution in [3.05, 3.63) is 35.9 Å². The van der Waals surface area contributed by atoms with Crippen LogP contribution in [0.25, 0.3) is 0 Å². The van der Waals surface area contributed by atoms with E-state index in [2.05, 4.69) is 0 Å². The fourth-order valence-corrected chi connectivity index (χ4v) is 3.58. The van der Waals surface area contributed by atoms with Gasteiger partial charge in [0.05, 0.1) is 13.2 Å². The Labute approximate surface area is 148 Å². The Morgan fingerprint density at radius 3 is 2.16 bits per heavy atom. The first-order valence-corrected chi connectivity index (χ1v) is 9.01. The predicted octanol–water partition coefficient (Wildman–Crippen LogP) is 3.27. The Morgan fingerprint density at radius 1 is 1.04 bits per heavy atom. The van der Waals surface area contributed by atoms with Crippen LogP contribution in [-0.4, -0.2) is 30.9 Å². The van der Waals surface area contributed by atoms with Crippen molar-refractivity contribution >= 4 is 17.7 Å². The number of rotatable bonds is 7. The van der Waals surface area contributed by atoms with Crippen molar-refractivity contribution in [1.29, 1.82) is 0 Å². The lowest BCUT2D eigenvalue weighted by atomic mass is 9.70. The van der Waals surface area contributed by atoms with Crippen LogP contribution < -0.4 is 0 Å². The zero-order valence-electron chi connectivity index (χ0n) is 14.9. The highest BCUT2D eigenvalue weighted by molar-refractivity contribution is 5.97. The number of Topliss-reactive ketones (excluding diaryl/α,β-unsaturated/α-hetero) is 1. The minimum Gasteiger partial charge on any atom is -0.465 e. The molecule has 2 rings (SSSR count). The lowest BCUT2D eigenvalue weighted by molar-refractivity contribution is -0.163. The van der Waals surface area contributed by atoms with Crippen molar-refractivity contribution in [2.75, 3.05) is 13.2 Å². The first-order chi connectivity index (χ1) is 12.1. The predicted molar refractivity (Wildman–Crippen MR) is 92.9 cm³/mol. The molecule has 25 heavy (non-hydrogen) atoms. The third-order valence-corrected chi connectivity index (χ3v) is 4.66. The topological polar surface area (TPSA) is 69.7 Å². The maximum Gasteiger partial charge on any atom is 0.320 e. The van der Waals surface area contributed by atoms with Gasteiger partial charge in [0.15, 0.2) is 5.92 Å². The number of ketones is 1. The van der Waals surface area contributed by atoms with E-state index >= 15 is 0 Å². The van der Waals surface area contributed by atoms with Gasteiger partial charge in [-0.05, 0) is 32.3 Å². The highest BCUT2D eigenvalue weighted by Gasteiger charge is 2.45. The fourth-order valence-electron chi connectivity index (χ4n) is 3.58. The number of esters is 2. The summed E-state index contributed by atoms with van der Waals surface area (Å²) >= 11 is 0. The van der Waals surface area contributed by atoms with Gasteiger partial charge >= 0.3 is 11.9 Å². The Kier molecular flexibility index (Phi) is 7.16. The molecule has 0 radical (unpaired) electrons. The molecule has 0 bridgehead atoms. The van der Waals surface area contributed by atoms with Gasteiger partial charge in [-0.2, -0.15) is 0 Å². The summed E-state index contributed by atoms with van der Waals surface area (Å²) in [6, 6.07) is 9.29. The minimum absolute atomic E-state index is 0.110. The zero-order valence-corrected chi connectivity index (χ0v) is 14.9. The molecule has 5 nitrogen and oxygen atoms in total. The molecule has 0 amide bonds. The Morgan fingerprint density at radius 2 is 1.64 bits per heavy atom. The summed E-state index contributed by atoms with van der Waals surface area (Å²) in [5.74, 6) is -3.16. The van der Waals surface area contributed by atoms with Crippen molar-refractivity contribution in [3.8, 4) is 0 Å². The van der Waals surface area contributed by atoms with E-state index in [-0.39, 0.29) is 24.9 Å². The van der Waals surface area contributed by atoms with Gasteiger partial charge < -0.3 is 9.47 Å². The van der Waals surface area contributed by atoms with Gasteiger partial charge in [-0.3, -0.25) is 14.4 Å². The van der Waals surface area contributed by atoms with Gasteiger partial charge in [0.1, 0.15) is 5.78 Å². The van der Waals surface area contributed by atoms with E-state index in [0.29, 0.717) is 12.8 Å². The molecule has 2 atom stereocenters. The number of carbonyl (C=O) groups excluding carboxylic acids is 3. The van der Waals surface area contributed by atoms with Crippen LogP contribution in [0.4, 0.5) is 0 Å². The lowest BCUT2D eigenvalue weighted by Crippen LogP contribution is -2.39. The average Bonchev–Trinajstić information content (AvgIpc) is 2.61. The van der Waals surface area contributed by atoms with Crippen LogP contribution in [0, 0.1) is 11.8 Å². The molecule has 0 aromatic heterocycles. The normalized spacial score (nSPS) is 18.7. The van der Waals surface area contributed by atoms with Gasteiger partial charge in [-0.1, -0.05) is 36.8 Å². The second-order valence-electron chi connectivity index (χ2n) is 6.24. The maximum atomic E-state index is 12.6. The van der Waals surface area contributed by atoms with Crippen LogP contribution in [0.1, 0.15) is 51.0 Å². The summed E-state index contributed by atoms with van der Waals surface area (Å²) in [5, 5.41) is 0. The van der Waals surface area contributed by atoms with E-state index in [0.717, 1.165) is 18.4 Å². The number of hydrogen-bond acceptors (Lipinski definition) is 5. The van der Waals surface area contributed by atoms with Crippen LogP contribution in [0.15, 0.2) is 30.3 Å². The van der Waals surface area contributed by atoms with E-state index in [1.807, 2.05) is 30.3 Å². The van der Waals surface area contributed by atoms with Crippen molar-refractivity contribution in [3.63, 3.8) is 0 Å². The maximum absolute atomic E-state index is 12.6. The van der Waals surface area contributed by atoms with E-state index in [1.54, 1.807) is 13.8 Å². The summed E-state index contributed by atoms with van der Waals surface area (Å²) in [7, 11) is 0. The number of ether oxygens (including phenoxy) is 2. The molecule has 0 spiro atoms. The standard InChI is InChI=1S/C20H26O5/c1-3-24-19(22)18(20(23)25-4-2)17(14-10-6-5-7-11-14)15-12-8-9-13-16(15)21/h5-7,10-11,15,17-18H,3-4,8-9,12-13H2,1-2H3. The van der Waals surface area contributed by atoms with Gasteiger partial charge in [0.25, 0.3) is 0 Å². The quantitative estimate of drug-likeness (QED) is 0.560. The zero-order chi connectivity index (χ0) is 18.2. The smallest absolute Gasteiger partial charge is 0.320 e. The third kappa shape index (κ3) is 4.68. The van der Waals surface area contributed by atoms with E-state index in [4.69, 9.17) is 9.47 Å². The van der Waals surface area contributed by atoms with Crippen molar-refractivity contribution in [2.24, 2.45) is 11.8 Å². The van der Waals surface area contributed by atoms with Crippen LogP contribution in [0.3, 0.4) is 0 Å². The van der Waals surface area contributed by atoms with E-state index in [1.165, 1.54) is 0 Å². The average molecular weight is 346 g/mol. The molecule has 0 saturated heterocycles. The molecule has 1 aliphatic rings. The summed E-state index contributed by atoms with van der Waals surface area (Å²) in [6.45, 7) is 3.75. The monoisotopic (exact) mass is 346 g/mol. The van der Waals surface area contributed by atoms with Gasteiger partial charge in [0, 0.05) is 18.3 Å². The molecule has 0 aliphatic heterocycles. The molecular weight excluding hydrogens is 320 g/mol. The second kappa shape index (κ2) is 9.35. The third-order valence-electron chi connectivity index (χ3n) is 4.66. The highest BCUT2D eigenvalue weighted by atomic mass is 16.6. The Balaban J connectivity index is 2.46. The minimum atomic E-state index is -1.12. The summed E-state index contributed by atoms with van der Waals surface area (Å²) < 4.78 is 10.3. The number of hydrogen-bond donors (Lipinski definition) is 0. The van der Waals surface area contributed by atoms with Gasteiger partial charge in [-0.25, -0.2) is 0 Å². The molecule has 1 aliphatic carbocycles. The summed E-state index contributed by atoms with van der Waals surface area (Å²) in [5.41, 5.74) is 0.800. The SMILES string of the molecule is CCOC(=O)C(C(=O)OCC)C(c1ccccc1)C1CCCCC1=O. The second-order valence-corrected chi connectivity index (χ2v) is 6.24. The van der Waals surface area contributed by atoms with Crippen LogP contribution >= 0.6 is 0 Å². The van der Waals surface area contributed by atoms with Crippen LogP contribution in [-0.2, 0) is 23.9 Å². The number of benzene rings is 1. The summed E-state index contributed by atoms with van der Waals surface area (Å²) in [6.07, 6.45) is 2.94. The van der Waals surface area contributed by atoms with Crippen molar-refractivity contribution in [1.82, 2.24) is 0 Å². The van der Waals surface area contributed by atoms with Crippen LogP contribution in [0.5, 0.6) is 0 Å². The Hall–Kier alpha value is -2.17. The molecule has 136 valence electrons. The Bertz CT molecular complexity index is 577. The van der Waals surface area contributed by atoms with Crippen molar-refractivity contribution in [2.45, 2.75) is 45.4 Å². The summed E-state index contributed by atoms with van der Waals surface area (Å²) in [4.78, 5) is 37.7. The molecule has 0 N–H and O–H groups in total. The first-order valence-electron chi connectivity index (χ1n) is 9.01. The molecule has 5 heteroatoms. The molecule has 1 fully saturated rings. The first kappa shape index (κ1) is 19.2. The van der Waals surface area contributed by atoms with E-state index in [9.17, 15) is 14.4 Å². The molecule has 1 aromatic rings. The largest absolute Gasteiger partial charge is 0.465 e. The molecule has 2 unspecified atom stereocenters. The van der Waals surface area contributed by atoms with E-state index < -0.39 is 23.8 Å². The molecular formula is C20H26O5. The molecule has 0 heterocycles. The van der Waals surface area contributed by atoms with Crippen molar-refractivity contribution < 1.29 is 23.9 Å². The number of carbonyl (C=O) groups is 3. The van der Waals surface area contributed by atoms with Gasteiger partial charge in [0.2, 0.25) is 0 Å². The highest BCUT2D eigenvalue weighted by Crippen LogP contribution is 2.40. The molecule has 1 aromatic carbocycles. The molecule has 1 saturated carbocycles. The lowest BCUT2D eigenvalue weighted by Gasteiger charge is -2.33. The fraction of sp³-hybridized carbons (Fsp3) is 0.550. The van der Waals surface area contributed by atoms with Gasteiger partial charge in [-0.15, -0.1) is 0 Å². The van der Waals surface area contributed by atoms with Crippen LogP contribution in [0.2, 0.25) is 0 Å².